The molecule has 110 valence electrons. The molecule has 0 saturated carbocycles. The van der Waals surface area contributed by atoms with Gasteiger partial charge in [-0.3, -0.25) is 0 Å². The van der Waals surface area contributed by atoms with Crippen molar-refractivity contribution in [3.63, 3.8) is 0 Å². The normalized spacial score (nSPS) is 16.5. The third kappa shape index (κ3) is 2.89. The predicted molar refractivity (Wildman–Crippen MR) is 81.9 cm³/mol. The Kier molecular flexibility index (Phi) is 3.16. The number of phenols is 1. The molecule has 2 aromatic carbocycles. The molecule has 4 nitrogen and oxygen atoms in total. The van der Waals surface area contributed by atoms with Crippen molar-refractivity contribution in [1.82, 2.24) is 0 Å². The molecule has 0 spiro atoms. The van der Waals surface area contributed by atoms with Crippen LogP contribution < -0.4 is 14.8 Å². The Balaban J connectivity index is 1.76. The number of ether oxygens (including phenoxy) is 2. The van der Waals surface area contributed by atoms with E-state index < -0.39 is 5.79 Å². The standard InChI is InChI=1S/C17H19NO3/c1-11(12-4-7-14(19)8-5-12)18-13-6-9-15-16(10-13)21-17(2,3)20-15/h4-11,18-19H,1-3H3. The molecule has 2 N–H and O–H groups in total. The molecule has 21 heavy (non-hydrogen) atoms. The fraction of sp³-hybridized carbons (Fsp3) is 0.294. The van der Waals surface area contributed by atoms with Crippen molar-refractivity contribution in [3.05, 3.63) is 48.0 Å². The van der Waals surface area contributed by atoms with Crippen LogP contribution >= 0.6 is 0 Å². The van der Waals surface area contributed by atoms with E-state index in [2.05, 4.69) is 12.2 Å². The van der Waals surface area contributed by atoms with Crippen LogP contribution in [0.15, 0.2) is 42.5 Å². The molecule has 0 saturated heterocycles. The summed E-state index contributed by atoms with van der Waals surface area (Å²) in [5.74, 6) is 1.19. The number of fused-ring (bicyclic) bond motifs is 1. The third-order valence-corrected chi connectivity index (χ3v) is 3.43. The molecule has 0 radical (unpaired) electrons. The van der Waals surface area contributed by atoms with Crippen LogP contribution in [0, 0.1) is 0 Å². The zero-order chi connectivity index (χ0) is 15.0. The monoisotopic (exact) mass is 285 g/mol. The van der Waals surface area contributed by atoms with Gasteiger partial charge in [0.1, 0.15) is 5.75 Å². The van der Waals surface area contributed by atoms with Crippen LogP contribution in [0.1, 0.15) is 32.4 Å². The maximum Gasteiger partial charge on any atom is 0.246 e. The van der Waals surface area contributed by atoms with E-state index in [4.69, 9.17) is 9.47 Å². The Morgan fingerprint density at radius 3 is 2.38 bits per heavy atom. The summed E-state index contributed by atoms with van der Waals surface area (Å²) in [6.07, 6.45) is 0. The highest BCUT2D eigenvalue weighted by Crippen LogP contribution is 2.41. The molecule has 4 heteroatoms. The number of aromatic hydroxyl groups is 1. The molecule has 1 atom stereocenters. The van der Waals surface area contributed by atoms with Gasteiger partial charge in [-0.15, -0.1) is 0 Å². The van der Waals surface area contributed by atoms with Crippen molar-refractivity contribution in [3.8, 4) is 17.2 Å². The van der Waals surface area contributed by atoms with Gasteiger partial charge in [0.05, 0.1) is 0 Å². The highest BCUT2D eigenvalue weighted by Gasteiger charge is 2.31. The van der Waals surface area contributed by atoms with Gasteiger partial charge in [-0.2, -0.15) is 0 Å². The molecular weight excluding hydrogens is 266 g/mol. The van der Waals surface area contributed by atoms with Crippen molar-refractivity contribution < 1.29 is 14.6 Å². The molecule has 0 aliphatic carbocycles. The van der Waals surface area contributed by atoms with Gasteiger partial charge in [-0.1, -0.05) is 12.1 Å². The second kappa shape index (κ2) is 4.88. The van der Waals surface area contributed by atoms with Gasteiger partial charge in [0.25, 0.3) is 0 Å². The Morgan fingerprint density at radius 2 is 1.67 bits per heavy atom. The van der Waals surface area contributed by atoms with Crippen LogP contribution in [0.4, 0.5) is 5.69 Å². The third-order valence-electron chi connectivity index (χ3n) is 3.43. The summed E-state index contributed by atoms with van der Waals surface area (Å²) < 4.78 is 11.4. The van der Waals surface area contributed by atoms with Crippen molar-refractivity contribution in [1.29, 1.82) is 0 Å². The lowest BCUT2D eigenvalue weighted by Gasteiger charge is -2.16. The first-order valence-corrected chi connectivity index (χ1v) is 7.00. The average Bonchev–Trinajstić information content (AvgIpc) is 2.72. The van der Waals surface area contributed by atoms with Crippen molar-refractivity contribution in [2.24, 2.45) is 0 Å². The van der Waals surface area contributed by atoms with E-state index in [-0.39, 0.29) is 11.8 Å². The van der Waals surface area contributed by atoms with Gasteiger partial charge in [0, 0.05) is 31.6 Å². The van der Waals surface area contributed by atoms with Crippen LogP contribution in [-0.4, -0.2) is 10.9 Å². The van der Waals surface area contributed by atoms with Crippen molar-refractivity contribution >= 4 is 5.69 Å². The molecule has 0 fully saturated rings. The zero-order valence-corrected chi connectivity index (χ0v) is 12.4. The lowest BCUT2D eigenvalue weighted by Crippen LogP contribution is -2.29. The second-order valence-electron chi connectivity index (χ2n) is 5.72. The molecule has 0 aromatic heterocycles. The molecule has 1 unspecified atom stereocenters. The Morgan fingerprint density at radius 1 is 1.00 bits per heavy atom. The van der Waals surface area contributed by atoms with E-state index in [1.165, 1.54) is 0 Å². The van der Waals surface area contributed by atoms with Crippen LogP contribution in [-0.2, 0) is 0 Å². The Labute approximate surface area is 124 Å². The first-order chi connectivity index (χ1) is 9.93. The number of hydrogen-bond acceptors (Lipinski definition) is 4. The van der Waals surface area contributed by atoms with Gasteiger partial charge in [-0.25, -0.2) is 0 Å². The largest absolute Gasteiger partial charge is 0.508 e. The Hall–Kier alpha value is -2.36. The fourth-order valence-corrected chi connectivity index (χ4v) is 2.41. The zero-order valence-electron chi connectivity index (χ0n) is 12.4. The fourth-order valence-electron chi connectivity index (χ4n) is 2.41. The van der Waals surface area contributed by atoms with Gasteiger partial charge in [-0.05, 0) is 36.8 Å². The van der Waals surface area contributed by atoms with E-state index in [1.807, 2.05) is 44.2 Å². The summed E-state index contributed by atoms with van der Waals surface area (Å²) in [7, 11) is 0. The van der Waals surface area contributed by atoms with E-state index >= 15 is 0 Å². The molecule has 0 bridgehead atoms. The van der Waals surface area contributed by atoms with Crippen LogP contribution in [0.3, 0.4) is 0 Å². The highest BCUT2D eigenvalue weighted by molar-refractivity contribution is 5.57. The number of benzene rings is 2. The number of rotatable bonds is 3. The number of anilines is 1. The van der Waals surface area contributed by atoms with Crippen LogP contribution in [0.2, 0.25) is 0 Å². The van der Waals surface area contributed by atoms with E-state index in [9.17, 15) is 5.11 Å². The average molecular weight is 285 g/mol. The summed E-state index contributed by atoms with van der Waals surface area (Å²) in [5, 5.41) is 12.7. The molecule has 1 aliphatic heterocycles. The van der Waals surface area contributed by atoms with Crippen molar-refractivity contribution in [2.75, 3.05) is 5.32 Å². The molecule has 1 heterocycles. The number of hydrogen-bond donors (Lipinski definition) is 2. The molecule has 0 amide bonds. The minimum atomic E-state index is -0.608. The predicted octanol–water partition coefficient (Wildman–Crippen LogP) is 4.07. The molecule has 2 aromatic rings. The SMILES string of the molecule is CC(Nc1ccc2c(c1)OC(C)(C)O2)c1ccc(O)cc1. The topological polar surface area (TPSA) is 50.7 Å². The lowest BCUT2D eigenvalue weighted by molar-refractivity contribution is -0.0431. The highest BCUT2D eigenvalue weighted by atomic mass is 16.7. The quantitative estimate of drug-likeness (QED) is 0.892. The first kappa shape index (κ1) is 13.6. The van der Waals surface area contributed by atoms with Gasteiger partial charge < -0.3 is 19.9 Å². The van der Waals surface area contributed by atoms with E-state index in [0.29, 0.717) is 0 Å². The minimum absolute atomic E-state index is 0.124. The van der Waals surface area contributed by atoms with Crippen molar-refractivity contribution in [2.45, 2.75) is 32.6 Å². The summed E-state index contributed by atoms with van der Waals surface area (Å²) in [5.41, 5.74) is 2.07. The smallest absolute Gasteiger partial charge is 0.246 e. The lowest BCUT2D eigenvalue weighted by atomic mass is 10.1. The molecule has 1 aliphatic rings. The summed E-state index contributed by atoms with van der Waals surface area (Å²) >= 11 is 0. The summed E-state index contributed by atoms with van der Waals surface area (Å²) in [6.45, 7) is 5.85. The van der Waals surface area contributed by atoms with Gasteiger partial charge >= 0.3 is 0 Å². The Bertz CT molecular complexity index is 650. The van der Waals surface area contributed by atoms with E-state index in [1.54, 1.807) is 12.1 Å². The maximum atomic E-state index is 9.33. The molecular formula is C17H19NO3. The summed E-state index contributed by atoms with van der Waals surface area (Å²) in [6, 6.07) is 13.1. The van der Waals surface area contributed by atoms with Crippen LogP contribution in [0.5, 0.6) is 17.2 Å². The van der Waals surface area contributed by atoms with Gasteiger partial charge in [0.15, 0.2) is 11.5 Å². The minimum Gasteiger partial charge on any atom is -0.508 e. The van der Waals surface area contributed by atoms with E-state index in [0.717, 1.165) is 22.7 Å². The maximum absolute atomic E-state index is 9.33. The number of phenolic OH excluding ortho intramolecular Hbond substituents is 1. The second-order valence-corrected chi connectivity index (χ2v) is 5.72. The molecule has 3 rings (SSSR count). The van der Waals surface area contributed by atoms with Gasteiger partial charge in [0.2, 0.25) is 5.79 Å². The van der Waals surface area contributed by atoms with Crippen LogP contribution in [0.25, 0.3) is 0 Å². The number of nitrogens with one attached hydrogen (secondary N) is 1. The first-order valence-electron chi connectivity index (χ1n) is 7.00. The summed E-state index contributed by atoms with van der Waals surface area (Å²) in [4.78, 5) is 0.